The molecule has 0 saturated carbocycles. The highest BCUT2D eigenvalue weighted by Gasteiger charge is 2.54. The molecule has 0 radical (unpaired) electrons. The molecule has 2 aromatic rings. The largest absolute Gasteiger partial charge is 0.502 e. The first-order chi connectivity index (χ1) is 15.4. The quantitative estimate of drug-likeness (QED) is 0.650. The third kappa shape index (κ3) is 4.34. The van der Waals surface area contributed by atoms with Crippen molar-refractivity contribution in [3.63, 3.8) is 0 Å². The number of hydrogen-bond donors (Lipinski definition) is 1. The molecule has 8 nitrogen and oxygen atoms in total. The second-order valence-electron chi connectivity index (χ2n) is 7.38. The van der Waals surface area contributed by atoms with E-state index in [0.717, 1.165) is 10.5 Å². The van der Waals surface area contributed by atoms with Crippen LogP contribution in [0.25, 0.3) is 0 Å². The number of urea groups is 1. The van der Waals surface area contributed by atoms with E-state index in [1.807, 2.05) is 12.1 Å². The molecule has 1 saturated heterocycles. The molecule has 10 heteroatoms. The normalized spacial score (nSPS) is 18.2. The number of aliphatic hydroxyl groups is 1. The summed E-state index contributed by atoms with van der Waals surface area (Å²) in [4.78, 5) is 33.1. The molecule has 2 aromatic carbocycles. The summed E-state index contributed by atoms with van der Waals surface area (Å²) in [6.07, 6.45) is 0.289. The van der Waals surface area contributed by atoms with Crippen molar-refractivity contribution in [3.8, 4) is 5.75 Å². The van der Waals surface area contributed by atoms with E-state index in [1.165, 1.54) is 4.90 Å². The molecule has 1 atom stereocenters. The van der Waals surface area contributed by atoms with Crippen LogP contribution in [0, 0.1) is 0 Å². The van der Waals surface area contributed by atoms with Gasteiger partial charge in [0.1, 0.15) is 12.3 Å². The SMILES string of the molecule is CN1C(=O)N(CCCO)C(=O)C2C1=NC(Oc1cccc(Cl)c1)=[N+]2Cc1ccc(Cl)cc1. The van der Waals surface area contributed by atoms with Gasteiger partial charge in [-0.1, -0.05) is 41.4 Å². The van der Waals surface area contributed by atoms with Crippen molar-refractivity contribution in [2.75, 3.05) is 20.2 Å². The average Bonchev–Trinajstić information content (AvgIpc) is 3.12. The Hall–Kier alpha value is -2.94. The van der Waals surface area contributed by atoms with E-state index in [-0.39, 0.29) is 31.4 Å². The number of nitrogens with zero attached hydrogens (tertiary/aromatic N) is 4. The molecule has 4 rings (SSSR count). The van der Waals surface area contributed by atoms with Crippen LogP contribution in [0.4, 0.5) is 4.79 Å². The summed E-state index contributed by atoms with van der Waals surface area (Å²) >= 11 is 12.1. The number of carbonyl (C=O) groups excluding carboxylic acids is 2. The summed E-state index contributed by atoms with van der Waals surface area (Å²) in [6, 6.07) is 12.9. The van der Waals surface area contributed by atoms with Gasteiger partial charge in [-0.05, 0) is 42.3 Å². The second-order valence-corrected chi connectivity index (χ2v) is 8.25. The van der Waals surface area contributed by atoms with Crippen LogP contribution in [0.2, 0.25) is 10.0 Å². The monoisotopic (exact) mass is 475 g/mol. The molecule has 2 aliphatic heterocycles. The number of amidine groups is 2. The number of fused-ring (bicyclic) bond motifs is 1. The zero-order valence-corrected chi connectivity index (χ0v) is 18.8. The van der Waals surface area contributed by atoms with Gasteiger partial charge in [-0.3, -0.25) is 14.6 Å². The van der Waals surface area contributed by atoms with E-state index >= 15 is 0 Å². The smallest absolute Gasteiger partial charge is 0.396 e. The molecule has 1 fully saturated rings. The van der Waals surface area contributed by atoms with Crippen LogP contribution < -0.4 is 4.74 Å². The lowest BCUT2D eigenvalue weighted by Crippen LogP contribution is -2.62. The van der Waals surface area contributed by atoms with Crippen LogP contribution in [0.1, 0.15) is 12.0 Å². The van der Waals surface area contributed by atoms with E-state index in [9.17, 15) is 14.7 Å². The van der Waals surface area contributed by atoms with Crippen LogP contribution in [-0.4, -0.2) is 69.5 Å². The van der Waals surface area contributed by atoms with Crippen LogP contribution in [0.3, 0.4) is 0 Å². The highest BCUT2D eigenvalue weighted by molar-refractivity contribution is 6.31. The highest BCUT2D eigenvalue weighted by atomic mass is 35.5. The third-order valence-corrected chi connectivity index (χ3v) is 5.67. The van der Waals surface area contributed by atoms with E-state index in [2.05, 4.69) is 4.99 Å². The molecule has 32 heavy (non-hydrogen) atoms. The molecule has 2 aliphatic rings. The van der Waals surface area contributed by atoms with Crippen molar-refractivity contribution in [3.05, 3.63) is 64.1 Å². The Morgan fingerprint density at radius 3 is 2.56 bits per heavy atom. The van der Waals surface area contributed by atoms with Crippen molar-refractivity contribution in [2.45, 2.75) is 19.0 Å². The first kappa shape index (κ1) is 22.3. The first-order valence-electron chi connectivity index (χ1n) is 9.99. The molecular formula is C22H21Cl2N4O4+. The number of rotatable bonds is 6. The first-order valence-corrected chi connectivity index (χ1v) is 10.7. The summed E-state index contributed by atoms with van der Waals surface area (Å²) in [5.74, 6) is 0.320. The van der Waals surface area contributed by atoms with Gasteiger partial charge in [0.2, 0.25) is 0 Å². The van der Waals surface area contributed by atoms with Gasteiger partial charge in [0.05, 0.1) is 0 Å². The topological polar surface area (TPSA) is 85.5 Å². The fourth-order valence-electron chi connectivity index (χ4n) is 3.59. The summed E-state index contributed by atoms with van der Waals surface area (Å²) in [7, 11) is 1.56. The fraction of sp³-hybridized carbons (Fsp3) is 0.273. The number of benzene rings is 2. The molecule has 3 amide bonds. The minimum Gasteiger partial charge on any atom is -0.396 e. The van der Waals surface area contributed by atoms with Gasteiger partial charge < -0.3 is 9.84 Å². The second kappa shape index (κ2) is 9.28. The summed E-state index contributed by atoms with van der Waals surface area (Å²) in [6.45, 7) is 0.282. The Morgan fingerprint density at radius 1 is 1.12 bits per heavy atom. The Balaban J connectivity index is 1.74. The Kier molecular flexibility index (Phi) is 6.45. The van der Waals surface area contributed by atoms with Crippen molar-refractivity contribution >= 4 is 47.0 Å². The Morgan fingerprint density at radius 2 is 1.88 bits per heavy atom. The van der Waals surface area contributed by atoms with Gasteiger partial charge in [0.15, 0.2) is 0 Å². The van der Waals surface area contributed by atoms with Crippen molar-refractivity contribution < 1.29 is 24.0 Å². The van der Waals surface area contributed by atoms with Gasteiger partial charge >= 0.3 is 12.1 Å². The predicted molar refractivity (Wildman–Crippen MR) is 120 cm³/mol. The summed E-state index contributed by atoms with van der Waals surface area (Å²) < 4.78 is 7.71. The third-order valence-electron chi connectivity index (χ3n) is 5.18. The van der Waals surface area contributed by atoms with Crippen LogP contribution in [0.5, 0.6) is 5.75 Å². The predicted octanol–water partition coefficient (Wildman–Crippen LogP) is 3.00. The maximum absolute atomic E-state index is 13.3. The van der Waals surface area contributed by atoms with Gasteiger partial charge in [-0.25, -0.2) is 4.79 Å². The maximum atomic E-state index is 13.3. The highest BCUT2D eigenvalue weighted by Crippen LogP contribution is 2.25. The van der Waals surface area contributed by atoms with Crippen LogP contribution in [-0.2, 0) is 11.3 Å². The van der Waals surface area contributed by atoms with Crippen molar-refractivity contribution in [1.82, 2.24) is 9.80 Å². The minimum atomic E-state index is -0.846. The van der Waals surface area contributed by atoms with Gasteiger partial charge in [-0.15, -0.1) is 0 Å². The van der Waals surface area contributed by atoms with E-state index in [4.69, 9.17) is 27.9 Å². The molecule has 0 aliphatic carbocycles. The van der Waals surface area contributed by atoms with Gasteiger partial charge in [0.25, 0.3) is 17.8 Å². The van der Waals surface area contributed by atoms with Crippen LogP contribution in [0.15, 0.2) is 53.5 Å². The number of aliphatic imine (C=N–C) groups is 1. The maximum Gasteiger partial charge on any atom is 0.502 e. The number of amides is 3. The van der Waals surface area contributed by atoms with Crippen LogP contribution >= 0.6 is 23.2 Å². The summed E-state index contributed by atoms with van der Waals surface area (Å²) in [5, 5.41) is 10.3. The zero-order valence-electron chi connectivity index (χ0n) is 17.2. The Bertz CT molecular complexity index is 1120. The number of carbonyl (C=O) groups is 2. The molecule has 1 N–H and O–H groups in total. The lowest BCUT2D eigenvalue weighted by molar-refractivity contribution is -0.557. The number of likely N-dealkylation sites (N-methyl/N-ethyl adjacent to an activating group) is 1. The number of aliphatic hydroxyl groups excluding tert-OH is 1. The minimum absolute atomic E-state index is 0.113. The standard InChI is InChI=1S/C22H21Cl2N4O4/c1-26-19-18(20(30)27(22(26)31)10-3-11-29)28(13-14-6-8-15(23)9-7-14)21(25-19)32-17-5-2-4-16(24)12-17/h2,4-9,12,18,29H,3,10-11,13H2,1H3/q+1. The van der Waals surface area contributed by atoms with Gasteiger partial charge in [0, 0.05) is 35.2 Å². The molecule has 0 bridgehead atoms. The van der Waals surface area contributed by atoms with E-state index < -0.39 is 18.0 Å². The number of ether oxygens (including phenoxy) is 1. The molecule has 166 valence electrons. The molecule has 0 spiro atoms. The molecular weight excluding hydrogens is 455 g/mol. The number of halogens is 2. The lowest BCUT2D eigenvalue weighted by Gasteiger charge is -2.32. The molecule has 1 unspecified atom stereocenters. The lowest BCUT2D eigenvalue weighted by atomic mass is 10.1. The Labute approximate surface area is 194 Å². The van der Waals surface area contributed by atoms with Crippen molar-refractivity contribution in [1.29, 1.82) is 0 Å². The molecule has 0 aromatic heterocycles. The fourth-order valence-corrected chi connectivity index (χ4v) is 3.90. The summed E-state index contributed by atoms with van der Waals surface area (Å²) in [5.41, 5.74) is 0.882. The van der Waals surface area contributed by atoms with Crippen molar-refractivity contribution in [2.24, 2.45) is 4.99 Å². The number of imide groups is 1. The van der Waals surface area contributed by atoms with E-state index in [1.54, 1.807) is 48.0 Å². The zero-order chi connectivity index (χ0) is 22.8. The van der Waals surface area contributed by atoms with E-state index in [0.29, 0.717) is 22.3 Å². The average molecular weight is 476 g/mol. The van der Waals surface area contributed by atoms with Gasteiger partial charge in [-0.2, -0.15) is 4.58 Å². The molecule has 2 heterocycles. The number of hydrogen-bond acceptors (Lipinski definition) is 5.